The lowest BCUT2D eigenvalue weighted by molar-refractivity contribution is -0.118. The molecule has 0 saturated heterocycles. The van der Waals surface area contributed by atoms with Crippen molar-refractivity contribution in [3.63, 3.8) is 0 Å². The average molecular weight is 582 g/mol. The fraction of sp³-hybridized carbons (Fsp3) is 0.250. The molecule has 0 bridgehead atoms. The number of hydrogen-bond donors (Lipinski definition) is 1. The van der Waals surface area contributed by atoms with E-state index in [1.54, 1.807) is 13.0 Å². The maximum absolute atomic E-state index is 12.4. The van der Waals surface area contributed by atoms with Crippen LogP contribution in [0.1, 0.15) is 85.0 Å². The van der Waals surface area contributed by atoms with E-state index in [0.717, 1.165) is 24.1 Å². The number of ether oxygens (including phenoxy) is 1. The van der Waals surface area contributed by atoms with Crippen molar-refractivity contribution in [1.82, 2.24) is 0 Å². The van der Waals surface area contributed by atoms with Crippen LogP contribution in [-0.4, -0.2) is 24.4 Å². The molecule has 2 atom stereocenters. The monoisotopic (exact) mass is 581 g/mol. The lowest BCUT2D eigenvalue weighted by Crippen LogP contribution is -2.31. The van der Waals surface area contributed by atoms with Gasteiger partial charge in [0.1, 0.15) is 5.78 Å². The standard InChI is InChI=1S/C26H22O.C14H17NO2/c1-17(27)20-13-14-22(18-7-3-2-4-8-18)26-24(20)16-15-23-21-10-6-5-9-19(21)11-12-25(23)26;1-9-8-14(2,3)15-12-6-5-10(7-11(9)12)13(16)17-4/h2-12,15-16,20,22H,13-14H2,1H3;5-8,15H,1-4H3. The van der Waals surface area contributed by atoms with Gasteiger partial charge in [-0.2, -0.15) is 0 Å². The van der Waals surface area contributed by atoms with Gasteiger partial charge in [0.25, 0.3) is 0 Å². The Morgan fingerprint density at radius 3 is 2.30 bits per heavy atom. The smallest absolute Gasteiger partial charge is 0.337 e. The van der Waals surface area contributed by atoms with Crippen LogP contribution >= 0.6 is 0 Å². The Kier molecular flexibility index (Phi) is 7.85. The van der Waals surface area contributed by atoms with Crippen LogP contribution < -0.4 is 5.32 Å². The van der Waals surface area contributed by atoms with Crippen molar-refractivity contribution in [2.45, 2.75) is 57.9 Å². The van der Waals surface area contributed by atoms with Crippen molar-refractivity contribution in [2.24, 2.45) is 0 Å². The summed E-state index contributed by atoms with van der Waals surface area (Å²) in [6.45, 7) is 8.03. The molecule has 1 N–H and O–H groups in total. The lowest BCUT2D eigenvalue weighted by Gasteiger charge is -2.32. The van der Waals surface area contributed by atoms with E-state index in [1.807, 2.05) is 12.1 Å². The summed E-state index contributed by atoms with van der Waals surface area (Å²) < 4.78 is 4.72. The minimum absolute atomic E-state index is 0.0239. The summed E-state index contributed by atoms with van der Waals surface area (Å²) in [6, 6.07) is 33.8. The summed E-state index contributed by atoms with van der Waals surface area (Å²) in [6.07, 6.45) is 4.12. The van der Waals surface area contributed by atoms with Gasteiger partial charge in [0.15, 0.2) is 0 Å². The van der Waals surface area contributed by atoms with Crippen LogP contribution in [0, 0.1) is 0 Å². The van der Waals surface area contributed by atoms with Gasteiger partial charge in [-0.3, -0.25) is 4.79 Å². The SMILES string of the molecule is CC(=O)C1CCC(c2ccccc2)c2c1ccc1c2ccc2ccccc21.COC(=O)c1ccc2c(c1)C(C)=CC(C)(C)N2. The first kappa shape index (κ1) is 29.4. The fourth-order valence-electron chi connectivity index (χ4n) is 7.12. The number of carbonyl (C=O) groups excluding carboxylic acids is 2. The van der Waals surface area contributed by atoms with Crippen LogP contribution in [-0.2, 0) is 9.53 Å². The Bertz CT molecular complexity index is 1920. The highest BCUT2D eigenvalue weighted by Crippen LogP contribution is 2.46. The molecule has 5 aromatic rings. The number of methoxy groups -OCH3 is 1. The van der Waals surface area contributed by atoms with Crippen LogP contribution in [0.4, 0.5) is 5.69 Å². The van der Waals surface area contributed by atoms with Gasteiger partial charge < -0.3 is 10.1 Å². The molecule has 0 aromatic heterocycles. The summed E-state index contributed by atoms with van der Waals surface area (Å²) in [7, 11) is 1.39. The van der Waals surface area contributed by atoms with Crippen molar-refractivity contribution in [2.75, 3.05) is 12.4 Å². The Hall–Kier alpha value is -4.70. The van der Waals surface area contributed by atoms with E-state index in [2.05, 4.69) is 111 Å². The predicted octanol–water partition coefficient (Wildman–Crippen LogP) is 9.67. The van der Waals surface area contributed by atoms with E-state index in [4.69, 9.17) is 4.74 Å². The van der Waals surface area contributed by atoms with E-state index < -0.39 is 0 Å². The topological polar surface area (TPSA) is 55.4 Å². The molecule has 2 unspecified atom stereocenters. The van der Waals surface area contributed by atoms with Gasteiger partial charge in [-0.05, 0) is 103 Å². The predicted molar refractivity (Wildman–Crippen MR) is 182 cm³/mol. The van der Waals surface area contributed by atoms with Crippen LogP contribution in [0.15, 0.2) is 103 Å². The molecule has 2 aliphatic rings. The maximum Gasteiger partial charge on any atom is 0.337 e. The van der Waals surface area contributed by atoms with Crippen LogP contribution in [0.3, 0.4) is 0 Å². The Balaban J connectivity index is 0.000000174. The van der Waals surface area contributed by atoms with Crippen molar-refractivity contribution in [3.05, 3.63) is 131 Å². The fourth-order valence-corrected chi connectivity index (χ4v) is 7.12. The number of allylic oxidation sites excluding steroid dienone is 1. The Labute approximate surface area is 259 Å². The molecule has 1 aliphatic heterocycles. The summed E-state index contributed by atoms with van der Waals surface area (Å²) in [4.78, 5) is 23.8. The molecule has 4 heteroatoms. The van der Waals surface area contributed by atoms with Gasteiger partial charge >= 0.3 is 5.97 Å². The number of rotatable bonds is 3. The van der Waals surface area contributed by atoms with Crippen molar-refractivity contribution < 1.29 is 14.3 Å². The average Bonchev–Trinajstić information content (AvgIpc) is 3.03. The van der Waals surface area contributed by atoms with Gasteiger partial charge in [-0.25, -0.2) is 4.79 Å². The molecule has 1 aliphatic carbocycles. The molecular formula is C40H39NO3. The third-order valence-corrected chi connectivity index (χ3v) is 9.06. The quantitative estimate of drug-likeness (QED) is 0.170. The number of ketones is 1. The zero-order chi connectivity index (χ0) is 31.0. The Morgan fingerprint density at radius 2 is 1.55 bits per heavy atom. The minimum atomic E-state index is -0.301. The second kappa shape index (κ2) is 11.8. The highest BCUT2D eigenvalue weighted by molar-refractivity contribution is 6.09. The molecule has 44 heavy (non-hydrogen) atoms. The molecule has 4 nitrogen and oxygen atoms in total. The number of Topliss-reactive ketones (excluding diaryl/α,β-unsaturated/α-hetero) is 1. The van der Waals surface area contributed by atoms with Crippen molar-refractivity contribution >= 4 is 44.6 Å². The Morgan fingerprint density at radius 1 is 0.818 bits per heavy atom. The summed E-state index contributed by atoms with van der Waals surface area (Å²) >= 11 is 0. The van der Waals surface area contributed by atoms with Gasteiger partial charge in [0.05, 0.1) is 18.2 Å². The van der Waals surface area contributed by atoms with E-state index >= 15 is 0 Å². The highest BCUT2D eigenvalue weighted by Gasteiger charge is 2.32. The van der Waals surface area contributed by atoms with E-state index in [1.165, 1.54) is 50.9 Å². The van der Waals surface area contributed by atoms with Crippen LogP contribution in [0.5, 0.6) is 0 Å². The number of fused-ring (bicyclic) bond motifs is 6. The van der Waals surface area contributed by atoms with E-state index in [-0.39, 0.29) is 23.2 Å². The number of nitrogens with one attached hydrogen (secondary N) is 1. The first-order valence-corrected chi connectivity index (χ1v) is 15.4. The molecule has 0 radical (unpaired) electrons. The normalized spacial score (nSPS) is 18.2. The van der Waals surface area contributed by atoms with Crippen LogP contribution in [0.2, 0.25) is 0 Å². The number of hydrogen-bond acceptors (Lipinski definition) is 4. The van der Waals surface area contributed by atoms with Gasteiger partial charge in [0.2, 0.25) is 0 Å². The summed E-state index contributed by atoms with van der Waals surface area (Å²) in [5, 5.41) is 8.56. The molecular weight excluding hydrogens is 542 g/mol. The van der Waals surface area contributed by atoms with Gasteiger partial charge in [-0.15, -0.1) is 0 Å². The largest absolute Gasteiger partial charge is 0.465 e. The van der Waals surface area contributed by atoms with Gasteiger partial charge in [-0.1, -0.05) is 84.9 Å². The molecule has 5 aromatic carbocycles. The third-order valence-electron chi connectivity index (χ3n) is 9.06. The zero-order valence-electron chi connectivity index (χ0n) is 26.1. The molecule has 1 heterocycles. The number of benzene rings is 5. The lowest BCUT2D eigenvalue weighted by atomic mass is 9.71. The molecule has 0 amide bonds. The molecule has 0 spiro atoms. The first-order chi connectivity index (χ1) is 21.2. The number of anilines is 1. The molecule has 7 rings (SSSR count). The van der Waals surface area contributed by atoms with Gasteiger partial charge in [0, 0.05) is 23.1 Å². The molecule has 222 valence electrons. The minimum Gasteiger partial charge on any atom is -0.465 e. The van der Waals surface area contributed by atoms with E-state index in [9.17, 15) is 9.59 Å². The van der Waals surface area contributed by atoms with Crippen molar-refractivity contribution in [3.8, 4) is 0 Å². The summed E-state index contributed by atoms with van der Waals surface area (Å²) in [5.74, 6) is 0.353. The highest BCUT2D eigenvalue weighted by atomic mass is 16.5. The van der Waals surface area contributed by atoms with Crippen LogP contribution in [0.25, 0.3) is 27.1 Å². The maximum atomic E-state index is 12.4. The first-order valence-electron chi connectivity index (χ1n) is 15.4. The number of carbonyl (C=O) groups is 2. The third kappa shape index (κ3) is 5.53. The van der Waals surface area contributed by atoms with E-state index in [0.29, 0.717) is 11.5 Å². The van der Waals surface area contributed by atoms with Crippen molar-refractivity contribution in [1.29, 1.82) is 0 Å². The molecule has 0 saturated carbocycles. The summed E-state index contributed by atoms with van der Waals surface area (Å²) in [5.41, 5.74) is 7.76. The second-order valence-corrected chi connectivity index (χ2v) is 12.6. The molecule has 0 fully saturated rings. The second-order valence-electron chi connectivity index (χ2n) is 12.6. The zero-order valence-corrected chi connectivity index (χ0v) is 26.1. The number of esters is 1.